The van der Waals surface area contributed by atoms with Gasteiger partial charge in [0.2, 0.25) is 5.91 Å². The summed E-state index contributed by atoms with van der Waals surface area (Å²) >= 11 is 0. The first-order valence-electron chi connectivity index (χ1n) is 8.84. The molecule has 2 amide bonds. The van der Waals surface area contributed by atoms with Crippen LogP contribution in [0, 0.1) is 13.8 Å². The van der Waals surface area contributed by atoms with Gasteiger partial charge in [0.25, 0.3) is 5.91 Å². The van der Waals surface area contributed by atoms with Crippen LogP contribution in [0.5, 0.6) is 0 Å². The number of hydrogen-bond acceptors (Lipinski definition) is 5. The Bertz CT molecular complexity index is 768. The van der Waals surface area contributed by atoms with E-state index in [1.807, 2.05) is 13.8 Å². The monoisotopic (exact) mass is 359 g/mol. The molecule has 1 aliphatic heterocycles. The minimum absolute atomic E-state index is 0.0147. The standard InChI is InChI=1S/C18H25N5O3/c1-4-20-18(25)16-6-13(8-23(16)9-14-7-19-10-21-14)22-17(24)15-5-11(2)26-12(15)3/h5,7,10,13,16H,4,6,8-9H2,1-3H3,(H,19,21)(H,20,25)(H,22,24)/t13-,16-/m0/s1. The van der Waals surface area contributed by atoms with Gasteiger partial charge in [0, 0.05) is 37.6 Å². The second-order valence-corrected chi connectivity index (χ2v) is 6.65. The summed E-state index contributed by atoms with van der Waals surface area (Å²) in [5.41, 5.74) is 1.48. The number of carbonyl (C=O) groups excluding carboxylic acids is 2. The highest BCUT2D eigenvalue weighted by Crippen LogP contribution is 2.21. The number of likely N-dealkylation sites (N-methyl/N-ethyl adjacent to an activating group) is 1. The van der Waals surface area contributed by atoms with Crippen molar-refractivity contribution in [2.24, 2.45) is 0 Å². The number of H-pyrrole nitrogens is 1. The molecule has 8 heteroatoms. The van der Waals surface area contributed by atoms with Gasteiger partial charge in [-0.2, -0.15) is 0 Å². The third-order valence-electron chi connectivity index (χ3n) is 4.61. The number of hydrogen-bond donors (Lipinski definition) is 3. The van der Waals surface area contributed by atoms with Crippen molar-refractivity contribution in [3.8, 4) is 0 Å². The van der Waals surface area contributed by atoms with Gasteiger partial charge in [-0.3, -0.25) is 14.5 Å². The molecule has 140 valence electrons. The molecular formula is C18H25N5O3. The molecule has 1 aliphatic rings. The van der Waals surface area contributed by atoms with E-state index in [0.29, 0.717) is 43.1 Å². The number of aromatic amines is 1. The largest absolute Gasteiger partial charge is 0.466 e. The normalized spacial score (nSPS) is 20.3. The van der Waals surface area contributed by atoms with E-state index in [1.54, 1.807) is 25.5 Å². The molecule has 0 spiro atoms. The van der Waals surface area contributed by atoms with Gasteiger partial charge in [-0.25, -0.2) is 4.98 Å². The van der Waals surface area contributed by atoms with E-state index < -0.39 is 0 Å². The van der Waals surface area contributed by atoms with Gasteiger partial charge in [0.05, 0.1) is 17.9 Å². The summed E-state index contributed by atoms with van der Waals surface area (Å²) in [5, 5.41) is 5.92. The van der Waals surface area contributed by atoms with Crippen LogP contribution in [0.1, 0.15) is 40.9 Å². The SMILES string of the molecule is CCNC(=O)[C@@H]1C[C@H](NC(=O)c2cc(C)oc2C)CN1Cc1cnc[nH]1. The smallest absolute Gasteiger partial charge is 0.255 e. The third kappa shape index (κ3) is 3.96. The molecule has 26 heavy (non-hydrogen) atoms. The number of furan rings is 1. The van der Waals surface area contributed by atoms with Crippen LogP contribution < -0.4 is 10.6 Å². The summed E-state index contributed by atoms with van der Waals surface area (Å²) in [6.07, 6.45) is 3.94. The van der Waals surface area contributed by atoms with Crippen molar-refractivity contribution in [3.05, 3.63) is 41.4 Å². The van der Waals surface area contributed by atoms with Crippen molar-refractivity contribution in [2.75, 3.05) is 13.1 Å². The lowest BCUT2D eigenvalue weighted by molar-refractivity contribution is -0.125. The van der Waals surface area contributed by atoms with Gasteiger partial charge < -0.3 is 20.0 Å². The summed E-state index contributed by atoms with van der Waals surface area (Å²) < 4.78 is 5.44. The molecule has 0 unspecified atom stereocenters. The van der Waals surface area contributed by atoms with Crippen molar-refractivity contribution in [1.82, 2.24) is 25.5 Å². The van der Waals surface area contributed by atoms with Crippen LogP contribution in [-0.4, -0.2) is 51.9 Å². The molecule has 0 aromatic carbocycles. The predicted molar refractivity (Wildman–Crippen MR) is 95.5 cm³/mol. The molecule has 3 heterocycles. The summed E-state index contributed by atoms with van der Waals surface area (Å²) in [6, 6.07) is 1.35. The quantitative estimate of drug-likeness (QED) is 0.717. The third-order valence-corrected chi connectivity index (χ3v) is 4.61. The van der Waals surface area contributed by atoms with E-state index in [4.69, 9.17) is 4.42 Å². The molecule has 0 bridgehead atoms. The van der Waals surface area contributed by atoms with Gasteiger partial charge in [0.15, 0.2) is 0 Å². The lowest BCUT2D eigenvalue weighted by Gasteiger charge is -2.22. The average Bonchev–Trinajstić information content (AvgIpc) is 3.29. The number of aromatic nitrogens is 2. The molecule has 3 rings (SSSR count). The van der Waals surface area contributed by atoms with Gasteiger partial charge in [0.1, 0.15) is 11.5 Å². The lowest BCUT2D eigenvalue weighted by atomic mass is 10.1. The minimum atomic E-state index is -0.282. The van der Waals surface area contributed by atoms with Crippen LogP contribution in [0.15, 0.2) is 23.0 Å². The Hall–Kier alpha value is -2.61. The number of aryl methyl sites for hydroxylation is 2. The fraction of sp³-hybridized carbons (Fsp3) is 0.500. The Balaban J connectivity index is 1.69. The van der Waals surface area contributed by atoms with Crippen LogP contribution in [0.3, 0.4) is 0 Å². The molecule has 2 aromatic heterocycles. The average molecular weight is 359 g/mol. The topological polar surface area (TPSA) is 103 Å². The Kier molecular flexibility index (Phi) is 5.41. The first kappa shape index (κ1) is 18.2. The summed E-state index contributed by atoms with van der Waals surface area (Å²) in [6.45, 7) is 7.25. The summed E-state index contributed by atoms with van der Waals surface area (Å²) in [4.78, 5) is 34.1. The van der Waals surface area contributed by atoms with Gasteiger partial charge in [-0.05, 0) is 33.3 Å². The first-order chi connectivity index (χ1) is 12.5. The number of nitrogens with zero attached hydrogens (tertiary/aromatic N) is 2. The number of rotatable bonds is 6. The number of likely N-dealkylation sites (tertiary alicyclic amines) is 1. The van der Waals surface area contributed by atoms with Crippen LogP contribution in [0.25, 0.3) is 0 Å². The molecule has 3 N–H and O–H groups in total. The van der Waals surface area contributed by atoms with Crippen molar-refractivity contribution < 1.29 is 14.0 Å². The maximum absolute atomic E-state index is 12.6. The second-order valence-electron chi connectivity index (χ2n) is 6.65. The molecule has 0 aliphatic carbocycles. The number of nitrogens with one attached hydrogen (secondary N) is 3. The highest BCUT2D eigenvalue weighted by molar-refractivity contribution is 5.95. The van der Waals surface area contributed by atoms with Crippen molar-refractivity contribution >= 4 is 11.8 Å². The second kappa shape index (κ2) is 7.74. The fourth-order valence-electron chi connectivity index (χ4n) is 3.46. The van der Waals surface area contributed by atoms with Crippen molar-refractivity contribution in [2.45, 2.75) is 45.8 Å². The Morgan fingerprint density at radius 3 is 2.85 bits per heavy atom. The van der Waals surface area contributed by atoms with Gasteiger partial charge >= 0.3 is 0 Å². The zero-order chi connectivity index (χ0) is 18.7. The molecule has 0 radical (unpaired) electrons. The summed E-state index contributed by atoms with van der Waals surface area (Å²) in [7, 11) is 0. The maximum atomic E-state index is 12.6. The van der Waals surface area contributed by atoms with E-state index in [0.717, 1.165) is 5.69 Å². The fourth-order valence-corrected chi connectivity index (χ4v) is 3.46. The van der Waals surface area contributed by atoms with Crippen molar-refractivity contribution in [1.29, 1.82) is 0 Å². The van der Waals surface area contributed by atoms with E-state index in [-0.39, 0.29) is 23.9 Å². The Morgan fingerprint density at radius 1 is 1.42 bits per heavy atom. The number of carbonyl (C=O) groups is 2. The van der Waals surface area contributed by atoms with E-state index in [1.165, 1.54) is 0 Å². The van der Waals surface area contributed by atoms with E-state index >= 15 is 0 Å². The van der Waals surface area contributed by atoms with Gasteiger partial charge in [-0.15, -0.1) is 0 Å². The molecular weight excluding hydrogens is 334 g/mol. The van der Waals surface area contributed by atoms with E-state index in [9.17, 15) is 9.59 Å². The zero-order valence-electron chi connectivity index (χ0n) is 15.3. The Morgan fingerprint density at radius 2 is 2.23 bits per heavy atom. The predicted octanol–water partition coefficient (Wildman–Crippen LogP) is 1.13. The molecule has 8 nitrogen and oxygen atoms in total. The molecule has 1 saturated heterocycles. The van der Waals surface area contributed by atoms with Crippen LogP contribution in [0.2, 0.25) is 0 Å². The van der Waals surface area contributed by atoms with E-state index in [2.05, 4.69) is 25.5 Å². The summed E-state index contributed by atoms with van der Waals surface area (Å²) in [5.74, 6) is 1.13. The van der Waals surface area contributed by atoms with Crippen LogP contribution >= 0.6 is 0 Å². The van der Waals surface area contributed by atoms with Crippen LogP contribution in [0.4, 0.5) is 0 Å². The number of imidazole rings is 1. The lowest BCUT2D eigenvalue weighted by Crippen LogP contribution is -2.42. The first-order valence-corrected chi connectivity index (χ1v) is 8.84. The molecule has 2 atom stereocenters. The molecule has 1 fully saturated rings. The number of amides is 2. The highest BCUT2D eigenvalue weighted by atomic mass is 16.3. The zero-order valence-corrected chi connectivity index (χ0v) is 15.3. The Labute approximate surface area is 152 Å². The molecule has 2 aromatic rings. The highest BCUT2D eigenvalue weighted by Gasteiger charge is 2.37. The molecule has 0 saturated carbocycles. The van der Waals surface area contributed by atoms with Crippen molar-refractivity contribution in [3.63, 3.8) is 0 Å². The maximum Gasteiger partial charge on any atom is 0.255 e. The minimum Gasteiger partial charge on any atom is -0.466 e. The van der Waals surface area contributed by atoms with Crippen LogP contribution in [-0.2, 0) is 11.3 Å². The van der Waals surface area contributed by atoms with Gasteiger partial charge in [-0.1, -0.05) is 0 Å².